The number of aliphatic hydroxyl groups is 1. The second-order valence-electron chi connectivity index (χ2n) is 5.28. The van der Waals surface area contributed by atoms with Crippen LogP contribution in [0.1, 0.15) is 25.7 Å². The molecule has 2 aliphatic heterocycles. The maximum absolute atomic E-state index is 9.01. The second-order valence-corrected chi connectivity index (χ2v) is 6.55. The highest BCUT2D eigenvalue weighted by molar-refractivity contribution is 7.99. The highest BCUT2D eigenvalue weighted by Crippen LogP contribution is 2.40. The summed E-state index contributed by atoms with van der Waals surface area (Å²) in [7, 11) is 0. The number of hydrogen-bond acceptors (Lipinski definition) is 7. The molecule has 0 bridgehead atoms. The zero-order valence-electron chi connectivity index (χ0n) is 11.4. The van der Waals surface area contributed by atoms with Crippen molar-refractivity contribution in [3.8, 4) is 0 Å². The molecule has 3 heterocycles. The van der Waals surface area contributed by atoms with E-state index in [9.17, 15) is 0 Å². The fourth-order valence-corrected chi connectivity index (χ4v) is 4.07. The Kier molecular flexibility index (Phi) is 4.54. The normalized spacial score (nSPS) is 25.9. The van der Waals surface area contributed by atoms with Crippen LogP contribution in [0.25, 0.3) is 0 Å². The number of aliphatic hydroxyl groups excluding tert-OH is 1. The van der Waals surface area contributed by atoms with Gasteiger partial charge in [0.2, 0.25) is 5.16 Å². The Morgan fingerprint density at radius 2 is 2.20 bits per heavy atom. The summed E-state index contributed by atoms with van der Waals surface area (Å²) in [5, 5.41) is 21.9. The van der Waals surface area contributed by atoms with Crippen molar-refractivity contribution in [2.24, 2.45) is 0 Å². The second kappa shape index (κ2) is 6.38. The van der Waals surface area contributed by atoms with E-state index >= 15 is 0 Å². The van der Waals surface area contributed by atoms with Crippen molar-refractivity contribution >= 4 is 11.8 Å². The van der Waals surface area contributed by atoms with Crippen molar-refractivity contribution in [3.05, 3.63) is 0 Å². The molecule has 1 atom stereocenters. The Bertz CT molecular complexity index is 431. The molecule has 2 saturated heterocycles. The molecule has 2 aliphatic rings. The van der Waals surface area contributed by atoms with Crippen LogP contribution in [0.5, 0.6) is 0 Å². The summed E-state index contributed by atoms with van der Waals surface area (Å²) in [6.45, 7) is 2.86. The topological polar surface area (TPSA) is 82.3 Å². The summed E-state index contributed by atoms with van der Waals surface area (Å²) in [6.07, 6.45) is 3.99. The van der Waals surface area contributed by atoms with Gasteiger partial charge in [-0.1, -0.05) is 11.8 Å². The van der Waals surface area contributed by atoms with Crippen LogP contribution >= 0.6 is 11.8 Å². The van der Waals surface area contributed by atoms with Crippen LogP contribution < -0.4 is 0 Å². The molecular weight excluding hydrogens is 280 g/mol. The molecule has 20 heavy (non-hydrogen) atoms. The summed E-state index contributed by atoms with van der Waals surface area (Å²) in [4.78, 5) is 0. The molecule has 0 aromatic carbocycles. The average Bonchev–Trinajstić information content (AvgIpc) is 2.88. The highest BCUT2D eigenvalue weighted by Gasteiger charge is 2.39. The molecule has 2 fully saturated rings. The smallest absolute Gasteiger partial charge is 0.209 e. The third kappa shape index (κ3) is 3.13. The monoisotopic (exact) mass is 300 g/mol. The first-order valence-electron chi connectivity index (χ1n) is 7.07. The molecule has 0 amide bonds. The van der Waals surface area contributed by atoms with Gasteiger partial charge in [0, 0.05) is 25.1 Å². The van der Waals surface area contributed by atoms with E-state index in [0.717, 1.165) is 50.7 Å². The van der Waals surface area contributed by atoms with E-state index in [1.165, 1.54) is 0 Å². The molecule has 8 heteroatoms. The third-order valence-electron chi connectivity index (χ3n) is 3.93. The van der Waals surface area contributed by atoms with Crippen LogP contribution in [-0.4, -0.2) is 62.6 Å². The number of thioether (sulfide) groups is 1. The SMILES string of the molecule is OCCn1nnnc1SC1CCOC2(CCOCC2)C1. The van der Waals surface area contributed by atoms with Crippen LogP contribution in [0.4, 0.5) is 0 Å². The van der Waals surface area contributed by atoms with Gasteiger partial charge in [-0.2, -0.15) is 0 Å². The lowest BCUT2D eigenvalue weighted by atomic mass is 9.86. The van der Waals surface area contributed by atoms with Gasteiger partial charge in [0.15, 0.2) is 0 Å². The lowest BCUT2D eigenvalue weighted by Crippen LogP contribution is -2.45. The van der Waals surface area contributed by atoms with Crippen molar-refractivity contribution in [2.75, 3.05) is 26.4 Å². The molecule has 1 aromatic heterocycles. The van der Waals surface area contributed by atoms with Crippen LogP contribution in [0.2, 0.25) is 0 Å². The molecule has 3 rings (SSSR count). The number of ether oxygens (including phenoxy) is 2. The minimum Gasteiger partial charge on any atom is -0.394 e. The van der Waals surface area contributed by atoms with E-state index < -0.39 is 0 Å². The van der Waals surface area contributed by atoms with Gasteiger partial charge in [0.25, 0.3) is 0 Å². The van der Waals surface area contributed by atoms with Crippen LogP contribution in [-0.2, 0) is 16.0 Å². The standard InChI is InChI=1S/C12H20N4O3S/c17-5-4-16-11(13-14-15-16)20-10-1-6-19-12(9-10)2-7-18-8-3-12/h10,17H,1-9H2. The minimum atomic E-state index is -0.0105. The number of tetrazole rings is 1. The van der Waals surface area contributed by atoms with E-state index in [-0.39, 0.29) is 12.2 Å². The van der Waals surface area contributed by atoms with E-state index in [4.69, 9.17) is 14.6 Å². The van der Waals surface area contributed by atoms with Gasteiger partial charge >= 0.3 is 0 Å². The quantitative estimate of drug-likeness (QED) is 0.866. The summed E-state index contributed by atoms with van der Waals surface area (Å²) >= 11 is 1.70. The van der Waals surface area contributed by atoms with E-state index in [1.54, 1.807) is 16.4 Å². The van der Waals surface area contributed by atoms with Gasteiger partial charge < -0.3 is 14.6 Å². The van der Waals surface area contributed by atoms with E-state index in [2.05, 4.69) is 15.5 Å². The van der Waals surface area contributed by atoms with Gasteiger partial charge in [0.1, 0.15) is 0 Å². The van der Waals surface area contributed by atoms with Crippen molar-refractivity contribution in [2.45, 2.75) is 48.2 Å². The van der Waals surface area contributed by atoms with E-state index in [0.29, 0.717) is 11.8 Å². The van der Waals surface area contributed by atoms with Crippen molar-refractivity contribution in [1.29, 1.82) is 0 Å². The molecule has 0 saturated carbocycles. The molecule has 0 radical (unpaired) electrons. The Hall–Kier alpha value is -0.700. The summed E-state index contributed by atoms with van der Waals surface area (Å²) in [5.41, 5.74) is -0.0105. The van der Waals surface area contributed by atoms with Gasteiger partial charge in [-0.05, 0) is 36.1 Å². The Morgan fingerprint density at radius 3 is 3.00 bits per heavy atom. The van der Waals surface area contributed by atoms with Gasteiger partial charge in [0.05, 0.1) is 18.8 Å². The molecule has 0 aliphatic carbocycles. The molecule has 1 N–H and O–H groups in total. The number of rotatable bonds is 4. The largest absolute Gasteiger partial charge is 0.394 e. The zero-order valence-corrected chi connectivity index (χ0v) is 12.2. The number of nitrogens with zero attached hydrogens (tertiary/aromatic N) is 4. The third-order valence-corrected chi connectivity index (χ3v) is 5.17. The predicted octanol–water partition coefficient (Wildman–Crippen LogP) is 0.486. The fraction of sp³-hybridized carbons (Fsp3) is 0.917. The van der Waals surface area contributed by atoms with Crippen molar-refractivity contribution < 1.29 is 14.6 Å². The van der Waals surface area contributed by atoms with Gasteiger partial charge in [-0.15, -0.1) is 5.10 Å². The lowest BCUT2D eigenvalue weighted by molar-refractivity contribution is -0.131. The maximum Gasteiger partial charge on any atom is 0.209 e. The zero-order chi connectivity index (χ0) is 13.8. The number of aromatic nitrogens is 4. The maximum atomic E-state index is 9.01. The van der Waals surface area contributed by atoms with Crippen LogP contribution in [0.3, 0.4) is 0 Å². The lowest BCUT2D eigenvalue weighted by Gasteiger charge is -2.42. The molecule has 1 unspecified atom stereocenters. The molecule has 1 spiro atoms. The highest BCUT2D eigenvalue weighted by atomic mass is 32.2. The fourth-order valence-electron chi connectivity index (χ4n) is 2.84. The molecule has 1 aromatic rings. The summed E-state index contributed by atoms with van der Waals surface area (Å²) in [6, 6.07) is 0. The molecular formula is C12H20N4O3S. The minimum absolute atomic E-state index is 0.0105. The molecule has 7 nitrogen and oxygen atoms in total. The first-order chi connectivity index (χ1) is 9.81. The van der Waals surface area contributed by atoms with E-state index in [1.807, 2.05) is 0 Å². The van der Waals surface area contributed by atoms with Crippen molar-refractivity contribution in [1.82, 2.24) is 20.2 Å². The average molecular weight is 300 g/mol. The Labute approximate surface area is 122 Å². The van der Waals surface area contributed by atoms with Gasteiger partial charge in [-0.3, -0.25) is 0 Å². The predicted molar refractivity (Wildman–Crippen MR) is 72.5 cm³/mol. The number of hydrogen-bond donors (Lipinski definition) is 1. The van der Waals surface area contributed by atoms with Crippen molar-refractivity contribution in [3.63, 3.8) is 0 Å². The summed E-state index contributed by atoms with van der Waals surface area (Å²) < 4.78 is 13.1. The van der Waals surface area contributed by atoms with Crippen LogP contribution in [0, 0.1) is 0 Å². The first kappa shape index (κ1) is 14.2. The first-order valence-corrected chi connectivity index (χ1v) is 7.95. The van der Waals surface area contributed by atoms with Gasteiger partial charge in [-0.25, -0.2) is 4.68 Å². The summed E-state index contributed by atoms with van der Waals surface area (Å²) in [5.74, 6) is 0. The Morgan fingerprint density at radius 1 is 1.35 bits per heavy atom. The molecule has 112 valence electrons. The van der Waals surface area contributed by atoms with Crippen LogP contribution in [0.15, 0.2) is 5.16 Å². The Balaban J connectivity index is 1.63.